The molecular formula is C21H23N3O5. The molecule has 0 saturated carbocycles. The highest BCUT2D eigenvalue weighted by molar-refractivity contribution is 5.96. The van der Waals surface area contributed by atoms with Gasteiger partial charge in [0.25, 0.3) is 5.69 Å². The summed E-state index contributed by atoms with van der Waals surface area (Å²) in [4.78, 5) is 21.5. The second-order valence-electron chi connectivity index (χ2n) is 7.85. The van der Waals surface area contributed by atoms with Crippen LogP contribution in [0.15, 0.2) is 47.6 Å². The Morgan fingerprint density at radius 2 is 1.86 bits per heavy atom. The minimum absolute atomic E-state index is 0.0743. The van der Waals surface area contributed by atoms with E-state index in [2.05, 4.69) is 25.9 Å². The fourth-order valence-corrected chi connectivity index (χ4v) is 3.21. The Labute approximate surface area is 167 Å². The van der Waals surface area contributed by atoms with Crippen molar-refractivity contribution < 1.29 is 14.8 Å². The maximum Gasteiger partial charge on any atom is 0.270 e. The van der Waals surface area contributed by atoms with Crippen molar-refractivity contribution in [1.82, 2.24) is 4.57 Å². The number of nitroso groups, excluding NO2 is 1. The van der Waals surface area contributed by atoms with E-state index in [0.717, 1.165) is 5.75 Å². The number of nitro benzene ring substituents is 1. The Hall–Kier alpha value is -3.42. The van der Waals surface area contributed by atoms with E-state index in [9.17, 15) is 20.1 Å². The van der Waals surface area contributed by atoms with Crippen LogP contribution in [0.5, 0.6) is 11.6 Å². The number of ether oxygens (including phenoxy) is 1. The monoisotopic (exact) mass is 397 g/mol. The van der Waals surface area contributed by atoms with Gasteiger partial charge in [0.1, 0.15) is 5.75 Å². The Balaban J connectivity index is 1.70. The highest BCUT2D eigenvalue weighted by atomic mass is 16.6. The molecule has 8 heteroatoms. The average Bonchev–Trinajstić information content (AvgIpc) is 2.95. The maximum atomic E-state index is 11.1. The number of aryl methyl sites for hydroxylation is 1. The van der Waals surface area contributed by atoms with Gasteiger partial charge in [-0.3, -0.25) is 10.1 Å². The van der Waals surface area contributed by atoms with Crippen LogP contribution in [0.3, 0.4) is 0 Å². The molecule has 1 aromatic heterocycles. The van der Waals surface area contributed by atoms with Crippen molar-refractivity contribution in [1.29, 1.82) is 0 Å². The molecule has 0 amide bonds. The van der Waals surface area contributed by atoms with E-state index in [1.165, 1.54) is 28.3 Å². The fourth-order valence-electron chi connectivity index (χ4n) is 3.21. The van der Waals surface area contributed by atoms with Crippen LogP contribution >= 0.6 is 0 Å². The second kappa shape index (κ2) is 7.90. The van der Waals surface area contributed by atoms with Crippen LogP contribution < -0.4 is 4.74 Å². The number of fused-ring (bicyclic) bond motifs is 1. The van der Waals surface area contributed by atoms with Crippen molar-refractivity contribution in [3.8, 4) is 11.6 Å². The number of nitro groups is 1. The molecule has 0 spiro atoms. The normalized spacial score (nSPS) is 11.6. The van der Waals surface area contributed by atoms with Crippen molar-refractivity contribution in [3.05, 3.63) is 63.0 Å². The predicted octanol–water partition coefficient (Wildman–Crippen LogP) is 5.42. The Morgan fingerprint density at radius 1 is 1.17 bits per heavy atom. The van der Waals surface area contributed by atoms with Crippen molar-refractivity contribution in [2.75, 3.05) is 6.61 Å². The summed E-state index contributed by atoms with van der Waals surface area (Å²) in [5.74, 6) is 0.454. The van der Waals surface area contributed by atoms with Gasteiger partial charge in [0, 0.05) is 24.1 Å². The SMILES string of the molecule is CC(C)(C)c1ccc(OCCCn2c(O)c(N=O)c3cc([N+](=O)[O-])ccc32)cc1. The Kier molecular flexibility index (Phi) is 5.54. The summed E-state index contributed by atoms with van der Waals surface area (Å²) in [6, 6.07) is 12.0. The number of non-ortho nitro benzene ring substituents is 1. The molecule has 3 rings (SSSR count). The molecule has 8 nitrogen and oxygen atoms in total. The van der Waals surface area contributed by atoms with E-state index < -0.39 is 4.92 Å². The van der Waals surface area contributed by atoms with Gasteiger partial charge in [-0.1, -0.05) is 32.9 Å². The molecule has 0 aliphatic carbocycles. The van der Waals surface area contributed by atoms with Crippen LogP contribution in [0.25, 0.3) is 10.9 Å². The van der Waals surface area contributed by atoms with Gasteiger partial charge in [0.05, 0.1) is 17.0 Å². The van der Waals surface area contributed by atoms with Gasteiger partial charge >= 0.3 is 0 Å². The molecule has 2 aromatic carbocycles. The largest absolute Gasteiger partial charge is 0.494 e. The number of rotatable bonds is 7. The number of hydrogen-bond donors (Lipinski definition) is 1. The summed E-state index contributed by atoms with van der Waals surface area (Å²) in [6.45, 7) is 7.22. The van der Waals surface area contributed by atoms with Crippen molar-refractivity contribution in [3.63, 3.8) is 0 Å². The molecule has 0 aliphatic rings. The van der Waals surface area contributed by atoms with Gasteiger partial charge in [0.15, 0.2) is 5.69 Å². The number of benzene rings is 2. The van der Waals surface area contributed by atoms with Gasteiger partial charge in [0.2, 0.25) is 5.88 Å². The smallest absolute Gasteiger partial charge is 0.270 e. The van der Waals surface area contributed by atoms with Crippen LogP contribution in [0.1, 0.15) is 32.8 Å². The molecule has 0 unspecified atom stereocenters. The highest BCUT2D eigenvalue weighted by Crippen LogP contribution is 2.40. The van der Waals surface area contributed by atoms with Crippen molar-refractivity contribution >= 4 is 22.3 Å². The molecule has 0 bridgehead atoms. The van der Waals surface area contributed by atoms with E-state index in [4.69, 9.17) is 4.74 Å². The lowest BCUT2D eigenvalue weighted by molar-refractivity contribution is -0.384. The first-order valence-electron chi connectivity index (χ1n) is 9.28. The molecule has 0 aliphatic heterocycles. The quantitative estimate of drug-likeness (QED) is 0.248. The van der Waals surface area contributed by atoms with Gasteiger partial charge < -0.3 is 14.4 Å². The summed E-state index contributed by atoms with van der Waals surface area (Å²) in [5, 5.41) is 24.4. The van der Waals surface area contributed by atoms with E-state index >= 15 is 0 Å². The van der Waals surface area contributed by atoms with Gasteiger partial charge in [-0.15, -0.1) is 4.91 Å². The number of aromatic hydroxyl groups is 1. The number of hydrogen-bond acceptors (Lipinski definition) is 6. The summed E-state index contributed by atoms with van der Waals surface area (Å²) < 4.78 is 7.28. The molecule has 1 N–H and O–H groups in total. The first-order valence-corrected chi connectivity index (χ1v) is 9.28. The minimum Gasteiger partial charge on any atom is -0.494 e. The third-order valence-electron chi connectivity index (χ3n) is 4.81. The molecule has 0 radical (unpaired) electrons. The molecule has 1 heterocycles. The third-order valence-corrected chi connectivity index (χ3v) is 4.81. The lowest BCUT2D eigenvalue weighted by atomic mass is 9.87. The van der Waals surface area contributed by atoms with Gasteiger partial charge in [-0.2, -0.15) is 0 Å². The van der Waals surface area contributed by atoms with Crippen LogP contribution in [0, 0.1) is 15.0 Å². The maximum absolute atomic E-state index is 11.1. The Morgan fingerprint density at radius 3 is 2.45 bits per heavy atom. The standard InChI is InChI=1S/C21H23N3O5/c1-21(2,3)14-5-8-16(9-6-14)29-12-4-11-23-18-10-7-15(24(27)28)13-17(18)19(22-26)20(23)25/h5-10,13,25H,4,11-12H2,1-3H3. The second-order valence-corrected chi connectivity index (χ2v) is 7.85. The van der Waals surface area contributed by atoms with Crippen molar-refractivity contribution in [2.24, 2.45) is 5.18 Å². The molecule has 152 valence electrons. The van der Waals surface area contributed by atoms with Crippen LogP contribution in [0.2, 0.25) is 0 Å². The van der Waals surface area contributed by atoms with E-state index in [1.807, 2.05) is 24.3 Å². The van der Waals surface area contributed by atoms with Crippen LogP contribution in [-0.4, -0.2) is 21.2 Å². The summed E-state index contributed by atoms with van der Waals surface area (Å²) in [5.41, 5.74) is 1.45. The molecule has 0 atom stereocenters. The zero-order valence-corrected chi connectivity index (χ0v) is 16.6. The molecule has 0 fully saturated rings. The highest BCUT2D eigenvalue weighted by Gasteiger charge is 2.20. The zero-order valence-electron chi connectivity index (χ0n) is 16.6. The first kappa shape index (κ1) is 20.3. The topological polar surface area (TPSA) is 107 Å². The van der Waals surface area contributed by atoms with E-state index in [1.54, 1.807) is 0 Å². The molecule has 29 heavy (non-hydrogen) atoms. The van der Waals surface area contributed by atoms with Crippen LogP contribution in [0.4, 0.5) is 11.4 Å². The molecular weight excluding hydrogens is 374 g/mol. The summed E-state index contributed by atoms with van der Waals surface area (Å²) in [7, 11) is 0. The lowest BCUT2D eigenvalue weighted by Gasteiger charge is -2.19. The first-order chi connectivity index (χ1) is 13.7. The fraction of sp³-hybridized carbons (Fsp3) is 0.333. The summed E-state index contributed by atoms with van der Waals surface area (Å²) >= 11 is 0. The lowest BCUT2D eigenvalue weighted by Crippen LogP contribution is -2.10. The number of aromatic nitrogens is 1. The molecule has 3 aromatic rings. The van der Waals surface area contributed by atoms with E-state index in [-0.39, 0.29) is 28.1 Å². The minimum atomic E-state index is -0.554. The number of nitrogens with zero attached hydrogens (tertiary/aromatic N) is 3. The molecule has 0 saturated heterocycles. The summed E-state index contributed by atoms with van der Waals surface area (Å²) in [6.07, 6.45) is 0.563. The average molecular weight is 397 g/mol. The zero-order chi connectivity index (χ0) is 21.2. The predicted molar refractivity (Wildman–Crippen MR) is 111 cm³/mol. The van der Waals surface area contributed by atoms with Crippen molar-refractivity contribution in [2.45, 2.75) is 39.2 Å². The Bertz CT molecular complexity index is 1050. The van der Waals surface area contributed by atoms with Gasteiger partial charge in [-0.25, -0.2) is 0 Å². The van der Waals surface area contributed by atoms with Crippen LogP contribution in [-0.2, 0) is 12.0 Å². The van der Waals surface area contributed by atoms with Gasteiger partial charge in [-0.05, 0) is 40.8 Å². The third kappa shape index (κ3) is 4.21. The van der Waals surface area contributed by atoms with E-state index in [0.29, 0.717) is 25.1 Å².